The first-order valence-electron chi connectivity index (χ1n) is 14.0. The molecule has 6 nitrogen and oxygen atoms in total. The van der Waals surface area contributed by atoms with Crippen molar-refractivity contribution in [3.05, 3.63) is 118 Å². The molecule has 0 spiro atoms. The van der Waals surface area contributed by atoms with Crippen molar-refractivity contribution in [2.45, 2.75) is 25.4 Å². The van der Waals surface area contributed by atoms with Crippen LogP contribution in [0.2, 0.25) is 5.02 Å². The van der Waals surface area contributed by atoms with Crippen molar-refractivity contribution in [2.75, 3.05) is 18.4 Å². The molecule has 2 aliphatic rings. The van der Waals surface area contributed by atoms with Gasteiger partial charge in [0.05, 0.1) is 5.69 Å². The van der Waals surface area contributed by atoms with Gasteiger partial charge in [-0.15, -0.1) is 0 Å². The van der Waals surface area contributed by atoms with Crippen LogP contribution in [0.3, 0.4) is 0 Å². The highest BCUT2D eigenvalue weighted by Gasteiger charge is 2.42. The van der Waals surface area contributed by atoms with Crippen LogP contribution in [0.4, 0.5) is 10.3 Å². The second kappa shape index (κ2) is 10.7. The van der Waals surface area contributed by atoms with Crippen molar-refractivity contribution in [3.63, 3.8) is 0 Å². The average Bonchev–Trinajstić information content (AvgIpc) is 3.21. The monoisotopic (exact) mass is 565 g/mol. The Morgan fingerprint density at radius 3 is 2.34 bits per heavy atom. The number of hydrogen-bond donors (Lipinski definition) is 1. The highest BCUT2D eigenvalue weighted by molar-refractivity contribution is 6.33. The zero-order valence-electron chi connectivity index (χ0n) is 22.4. The minimum absolute atomic E-state index is 0.271. The molecule has 0 amide bonds. The van der Waals surface area contributed by atoms with Crippen LogP contribution in [-0.4, -0.2) is 38.6 Å². The smallest absolute Gasteiger partial charge is 0.264 e. The fourth-order valence-corrected chi connectivity index (χ4v) is 6.78. The molecule has 3 aromatic carbocycles. The SMILES string of the molecule is O=c1c(-c2ccccc2Cl)cc2cnc(NC3C4CCC3CN(Cc3ccccc3)C4)nc2n1-c1ccc(F)cc1. The zero-order valence-corrected chi connectivity index (χ0v) is 23.1. The second-order valence-electron chi connectivity index (χ2n) is 11.1. The van der Waals surface area contributed by atoms with Gasteiger partial charge in [0.25, 0.3) is 5.56 Å². The van der Waals surface area contributed by atoms with E-state index in [0.717, 1.165) is 19.6 Å². The summed E-state index contributed by atoms with van der Waals surface area (Å²) in [7, 11) is 0. The van der Waals surface area contributed by atoms with Gasteiger partial charge in [-0.1, -0.05) is 60.1 Å². The lowest BCUT2D eigenvalue weighted by Gasteiger charge is -2.38. The lowest BCUT2D eigenvalue weighted by atomic mass is 9.92. The molecule has 2 bridgehead atoms. The topological polar surface area (TPSA) is 63.1 Å². The Hall–Kier alpha value is -4.07. The molecule has 7 rings (SSSR count). The molecule has 206 valence electrons. The Balaban J connectivity index is 1.23. The van der Waals surface area contributed by atoms with Crippen LogP contribution in [0, 0.1) is 17.7 Å². The lowest BCUT2D eigenvalue weighted by Crippen LogP contribution is -2.47. The molecule has 5 aromatic rings. The summed E-state index contributed by atoms with van der Waals surface area (Å²) in [6.07, 6.45) is 4.09. The summed E-state index contributed by atoms with van der Waals surface area (Å²) < 4.78 is 15.3. The number of hydrogen-bond acceptors (Lipinski definition) is 5. The zero-order chi connectivity index (χ0) is 27.9. The summed E-state index contributed by atoms with van der Waals surface area (Å²) in [5.74, 6) is 1.12. The van der Waals surface area contributed by atoms with Gasteiger partial charge < -0.3 is 5.32 Å². The molecule has 41 heavy (non-hydrogen) atoms. The Labute approximate surface area is 242 Å². The number of benzene rings is 3. The van der Waals surface area contributed by atoms with E-state index < -0.39 is 0 Å². The van der Waals surface area contributed by atoms with Gasteiger partial charge in [0, 0.05) is 53.4 Å². The number of nitrogens with one attached hydrogen (secondary N) is 1. The lowest BCUT2D eigenvalue weighted by molar-refractivity contribution is 0.148. The maximum absolute atomic E-state index is 13.9. The molecule has 1 N–H and O–H groups in total. The quantitative estimate of drug-likeness (QED) is 0.252. The van der Waals surface area contributed by atoms with Crippen molar-refractivity contribution < 1.29 is 4.39 Å². The average molecular weight is 566 g/mol. The number of rotatable bonds is 6. The predicted molar refractivity (Wildman–Crippen MR) is 161 cm³/mol. The van der Waals surface area contributed by atoms with Gasteiger partial charge in [-0.3, -0.25) is 14.3 Å². The molecule has 2 aromatic heterocycles. The largest absolute Gasteiger partial charge is 0.351 e. The van der Waals surface area contributed by atoms with Gasteiger partial charge >= 0.3 is 0 Å². The molecule has 0 radical (unpaired) electrons. The van der Waals surface area contributed by atoms with Gasteiger partial charge in [0.1, 0.15) is 5.82 Å². The number of pyridine rings is 1. The van der Waals surface area contributed by atoms with Gasteiger partial charge in [0.2, 0.25) is 5.95 Å². The molecule has 8 heteroatoms. The van der Waals surface area contributed by atoms with E-state index in [2.05, 4.69) is 45.5 Å². The Morgan fingerprint density at radius 2 is 1.61 bits per heavy atom. The third kappa shape index (κ3) is 5.00. The van der Waals surface area contributed by atoms with Crippen molar-refractivity contribution in [1.29, 1.82) is 0 Å². The summed E-state index contributed by atoms with van der Waals surface area (Å²) in [6.45, 7) is 3.01. The standard InChI is InChI=1S/C33H29ClFN5O/c34-29-9-5-4-8-27(29)28-16-24-17-36-33(38-31(24)40(32(28)41)26-14-12-25(35)13-15-26)37-30-22-10-11-23(30)20-39(19-22)18-21-6-2-1-3-7-21/h1-9,12-17,22-23,30H,10-11,18-20H2,(H,36,37,38). The summed E-state index contributed by atoms with van der Waals surface area (Å²) >= 11 is 6.48. The molecule has 2 fully saturated rings. The second-order valence-corrected chi connectivity index (χ2v) is 11.5. The minimum Gasteiger partial charge on any atom is -0.351 e. The highest BCUT2D eigenvalue weighted by atomic mass is 35.5. The normalized spacial score (nSPS) is 20.4. The maximum Gasteiger partial charge on any atom is 0.264 e. The van der Waals surface area contributed by atoms with Crippen molar-refractivity contribution in [2.24, 2.45) is 11.8 Å². The van der Waals surface area contributed by atoms with E-state index in [1.54, 1.807) is 30.5 Å². The van der Waals surface area contributed by atoms with Gasteiger partial charge in [0.15, 0.2) is 5.65 Å². The number of likely N-dealkylation sites (tertiary alicyclic amines) is 1. The third-order valence-electron chi connectivity index (χ3n) is 8.44. The van der Waals surface area contributed by atoms with E-state index in [9.17, 15) is 9.18 Å². The Bertz CT molecular complexity index is 1760. The maximum atomic E-state index is 13.9. The van der Waals surface area contributed by atoms with E-state index in [-0.39, 0.29) is 17.4 Å². The fraction of sp³-hybridized carbons (Fsp3) is 0.242. The molecular weight excluding hydrogens is 537 g/mol. The fourth-order valence-electron chi connectivity index (χ4n) is 6.54. The predicted octanol–water partition coefficient (Wildman–Crippen LogP) is 6.56. The Kier molecular flexibility index (Phi) is 6.77. The number of aromatic nitrogens is 3. The summed E-state index contributed by atoms with van der Waals surface area (Å²) in [4.78, 5) is 26.0. The van der Waals surface area contributed by atoms with E-state index in [1.807, 2.05) is 18.2 Å². The van der Waals surface area contributed by atoms with Gasteiger partial charge in [-0.05, 0) is 66.6 Å². The molecule has 2 atom stereocenters. The summed E-state index contributed by atoms with van der Waals surface area (Å²) in [6, 6.07) is 25.8. The molecular formula is C33H29ClFN5O. The van der Waals surface area contributed by atoms with Crippen LogP contribution in [-0.2, 0) is 6.54 Å². The van der Waals surface area contributed by atoms with Crippen LogP contribution >= 0.6 is 11.6 Å². The van der Waals surface area contributed by atoms with E-state index in [4.69, 9.17) is 16.6 Å². The molecule has 1 aliphatic carbocycles. The molecule has 3 heterocycles. The van der Waals surface area contributed by atoms with Crippen LogP contribution in [0.15, 0.2) is 95.9 Å². The number of fused-ring (bicyclic) bond motifs is 3. The van der Waals surface area contributed by atoms with Crippen molar-refractivity contribution in [3.8, 4) is 16.8 Å². The third-order valence-corrected chi connectivity index (χ3v) is 8.77. The summed E-state index contributed by atoms with van der Waals surface area (Å²) in [5.41, 5.74) is 3.10. The first-order valence-corrected chi connectivity index (χ1v) is 14.4. The van der Waals surface area contributed by atoms with Crippen LogP contribution in [0.1, 0.15) is 18.4 Å². The molecule has 1 saturated carbocycles. The Morgan fingerprint density at radius 1 is 0.902 bits per heavy atom. The first kappa shape index (κ1) is 25.9. The van der Waals surface area contributed by atoms with Crippen molar-refractivity contribution in [1.82, 2.24) is 19.4 Å². The van der Waals surface area contributed by atoms with Crippen LogP contribution in [0.5, 0.6) is 0 Å². The number of anilines is 1. The molecule has 2 unspecified atom stereocenters. The van der Waals surface area contributed by atoms with E-state index in [1.165, 1.54) is 35.1 Å². The summed E-state index contributed by atoms with van der Waals surface area (Å²) in [5, 5.41) is 4.80. The van der Waals surface area contributed by atoms with Gasteiger partial charge in [-0.2, -0.15) is 4.98 Å². The van der Waals surface area contributed by atoms with Crippen LogP contribution in [0.25, 0.3) is 27.8 Å². The van der Waals surface area contributed by atoms with E-state index in [0.29, 0.717) is 50.7 Å². The van der Waals surface area contributed by atoms with Crippen molar-refractivity contribution >= 4 is 28.6 Å². The van der Waals surface area contributed by atoms with Crippen LogP contribution < -0.4 is 10.9 Å². The van der Waals surface area contributed by atoms with E-state index >= 15 is 0 Å². The van der Waals surface area contributed by atoms with Gasteiger partial charge in [-0.25, -0.2) is 9.37 Å². The minimum atomic E-state index is -0.376. The molecule has 1 aliphatic heterocycles. The number of nitrogens with zero attached hydrogens (tertiary/aromatic N) is 4. The number of halogens is 2. The highest BCUT2D eigenvalue weighted by Crippen LogP contribution is 2.39. The number of piperidine rings is 1. The first-order chi connectivity index (χ1) is 20.0. The molecule has 1 saturated heterocycles.